The largest absolute Gasteiger partial charge is 0.497 e. The van der Waals surface area contributed by atoms with Crippen LogP contribution in [0, 0.1) is 6.92 Å². The number of hydrogen-bond acceptors (Lipinski definition) is 3. The Morgan fingerprint density at radius 1 is 0.966 bits per heavy atom. The third kappa shape index (κ3) is 3.69. The summed E-state index contributed by atoms with van der Waals surface area (Å²) in [5.41, 5.74) is 3.29. The van der Waals surface area contributed by atoms with Crippen molar-refractivity contribution in [2.75, 3.05) is 7.11 Å². The predicted molar refractivity (Wildman–Crippen MR) is 115 cm³/mol. The minimum absolute atomic E-state index is 0.158. The molecule has 0 atom stereocenters. The summed E-state index contributed by atoms with van der Waals surface area (Å²) in [5.74, 6) is 0.308. The molecule has 0 bridgehead atoms. The highest BCUT2D eigenvalue weighted by atomic mass is 16.5. The summed E-state index contributed by atoms with van der Waals surface area (Å²) in [6, 6.07) is 22.6. The average Bonchev–Trinajstić information content (AvgIpc) is 2.76. The molecule has 0 radical (unpaired) electrons. The number of carbonyl (C=O) groups excluding carboxylic acids is 1. The Morgan fingerprint density at radius 3 is 2.38 bits per heavy atom. The van der Waals surface area contributed by atoms with Crippen molar-refractivity contribution in [3.63, 3.8) is 0 Å². The Labute approximate surface area is 169 Å². The standard InChI is InChI=1S/C25H21NO3/c1-17-8-10-19(11-9-17)24(27)22-16-26(15-18-6-4-3-5-7-18)23-13-12-20(29-2)14-21(23)25(22)28/h3-14,16H,15H2,1-2H3. The van der Waals surface area contributed by atoms with Gasteiger partial charge in [0, 0.05) is 18.3 Å². The molecule has 4 heteroatoms. The molecule has 0 amide bonds. The summed E-state index contributed by atoms with van der Waals surface area (Å²) >= 11 is 0. The smallest absolute Gasteiger partial charge is 0.200 e. The van der Waals surface area contributed by atoms with Gasteiger partial charge in [-0.3, -0.25) is 9.59 Å². The van der Waals surface area contributed by atoms with Crippen molar-refractivity contribution in [2.24, 2.45) is 0 Å². The third-order valence-electron chi connectivity index (χ3n) is 5.04. The van der Waals surface area contributed by atoms with E-state index < -0.39 is 0 Å². The molecule has 0 N–H and O–H groups in total. The number of methoxy groups -OCH3 is 1. The average molecular weight is 383 g/mol. The van der Waals surface area contributed by atoms with E-state index in [1.165, 1.54) is 0 Å². The topological polar surface area (TPSA) is 48.3 Å². The molecule has 3 aromatic carbocycles. The number of ether oxygens (including phenoxy) is 1. The van der Waals surface area contributed by atoms with Gasteiger partial charge in [0.2, 0.25) is 5.43 Å². The first-order chi connectivity index (χ1) is 14.1. The van der Waals surface area contributed by atoms with Gasteiger partial charge < -0.3 is 9.30 Å². The molecule has 1 heterocycles. The fraction of sp³-hybridized carbons (Fsp3) is 0.120. The van der Waals surface area contributed by atoms with Crippen molar-refractivity contribution in [3.8, 4) is 5.75 Å². The van der Waals surface area contributed by atoms with Crippen LogP contribution in [0.5, 0.6) is 5.75 Å². The second-order valence-corrected chi connectivity index (χ2v) is 7.06. The van der Waals surface area contributed by atoms with Crippen molar-refractivity contribution in [2.45, 2.75) is 13.5 Å². The summed E-state index contributed by atoms with van der Waals surface area (Å²) in [6.07, 6.45) is 1.67. The van der Waals surface area contributed by atoms with E-state index in [-0.39, 0.29) is 16.8 Å². The van der Waals surface area contributed by atoms with Crippen molar-refractivity contribution >= 4 is 16.7 Å². The number of hydrogen-bond donors (Lipinski definition) is 0. The van der Waals surface area contributed by atoms with Gasteiger partial charge in [0.05, 0.1) is 23.6 Å². The number of ketones is 1. The monoisotopic (exact) mass is 383 g/mol. The second kappa shape index (κ2) is 7.76. The normalized spacial score (nSPS) is 10.8. The van der Waals surface area contributed by atoms with Crippen molar-refractivity contribution < 1.29 is 9.53 Å². The number of aryl methyl sites for hydroxylation is 1. The Hall–Kier alpha value is -3.66. The minimum Gasteiger partial charge on any atom is -0.497 e. The molecule has 29 heavy (non-hydrogen) atoms. The molecule has 0 spiro atoms. The van der Waals surface area contributed by atoms with Crippen LogP contribution in [0.1, 0.15) is 27.0 Å². The number of aromatic nitrogens is 1. The summed E-state index contributed by atoms with van der Waals surface area (Å²) < 4.78 is 7.25. The zero-order valence-electron chi connectivity index (χ0n) is 16.4. The molecule has 1 aromatic heterocycles. The van der Waals surface area contributed by atoms with Crippen LogP contribution in [0.25, 0.3) is 10.9 Å². The van der Waals surface area contributed by atoms with E-state index in [1.807, 2.05) is 66.1 Å². The van der Waals surface area contributed by atoms with E-state index in [1.54, 1.807) is 31.5 Å². The van der Waals surface area contributed by atoms with Gasteiger partial charge in [0.25, 0.3) is 0 Å². The van der Waals surface area contributed by atoms with Crippen LogP contribution in [0.15, 0.2) is 83.8 Å². The number of carbonyl (C=O) groups is 1. The van der Waals surface area contributed by atoms with Crippen molar-refractivity contribution in [1.82, 2.24) is 4.57 Å². The molecule has 0 unspecified atom stereocenters. The molecule has 0 saturated carbocycles. The van der Waals surface area contributed by atoms with E-state index in [9.17, 15) is 9.59 Å². The molecule has 4 nitrogen and oxygen atoms in total. The summed E-state index contributed by atoms with van der Waals surface area (Å²) in [4.78, 5) is 26.3. The van der Waals surface area contributed by atoms with Gasteiger partial charge >= 0.3 is 0 Å². The molecule has 4 rings (SSSR count). The SMILES string of the molecule is COc1ccc2c(c1)c(=O)c(C(=O)c1ccc(C)cc1)cn2Cc1ccccc1. The van der Waals surface area contributed by atoms with E-state index in [0.717, 1.165) is 16.6 Å². The lowest BCUT2D eigenvalue weighted by atomic mass is 10.0. The van der Waals surface area contributed by atoms with E-state index in [4.69, 9.17) is 4.74 Å². The van der Waals surface area contributed by atoms with Crippen LogP contribution in [-0.4, -0.2) is 17.5 Å². The second-order valence-electron chi connectivity index (χ2n) is 7.06. The molecule has 0 aliphatic heterocycles. The maximum absolute atomic E-state index is 13.2. The lowest BCUT2D eigenvalue weighted by molar-refractivity contribution is 0.103. The quantitative estimate of drug-likeness (QED) is 0.473. The Bertz CT molecular complexity index is 1240. The highest BCUT2D eigenvalue weighted by Crippen LogP contribution is 2.21. The number of fused-ring (bicyclic) bond motifs is 1. The van der Waals surface area contributed by atoms with Crippen LogP contribution in [0.2, 0.25) is 0 Å². The van der Waals surface area contributed by atoms with Gasteiger partial charge in [-0.05, 0) is 30.7 Å². The first kappa shape index (κ1) is 18.7. The lowest BCUT2D eigenvalue weighted by Gasteiger charge is -2.14. The summed E-state index contributed by atoms with van der Waals surface area (Å²) in [7, 11) is 1.56. The van der Waals surface area contributed by atoms with Crippen LogP contribution in [0.4, 0.5) is 0 Å². The number of nitrogens with zero attached hydrogens (tertiary/aromatic N) is 1. The number of rotatable bonds is 5. The van der Waals surface area contributed by atoms with Gasteiger partial charge in [0.1, 0.15) is 5.75 Å². The maximum Gasteiger partial charge on any atom is 0.200 e. The maximum atomic E-state index is 13.2. The van der Waals surface area contributed by atoms with Gasteiger partial charge in [0.15, 0.2) is 5.78 Å². The molecule has 4 aromatic rings. The molecule has 144 valence electrons. The highest BCUT2D eigenvalue weighted by molar-refractivity contribution is 6.10. The van der Waals surface area contributed by atoms with E-state index in [0.29, 0.717) is 23.2 Å². The lowest BCUT2D eigenvalue weighted by Crippen LogP contribution is -2.20. The van der Waals surface area contributed by atoms with Crippen LogP contribution in [0.3, 0.4) is 0 Å². The van der Waals surface area contributed by atoms with Gasteiger partial charge in [-0.25, -0.2) is 0 Å². The minimum atomic E-state index is -0.284. The zero-order valence-corrected chi connectivity index (χ0v) is 16.4. The first-order valence-electron chi connectivity index (χ1n) is 9.43. The molecular weight excluding hydrogens is 362 g/mol. The predicted octanol–water partition coefficient (Wildman–Crippen LogP) is 4.60. The molecule has 0 saturated heterocycles. The van der Waals surface area contributed by atoms with Crippen LogP contribution >= 0.6 is 0 Å². The van der Waals surface area contributed by atoms with Crippen molar-refractivity contribution in [1.29, 1.82) is 0 Å². The molecule has 0 aliphatic rings. The fourth-order valence-corrected chi connectivity index (χ4v) is 3.44. The van der Waals surface area contributed by atoms with Crippen LogP contribution < -0.4 is 10.2 Å². The Kier molecular flexibility index (Phi) is 5.00. The summed E-state index contributed by atoms with van der Waals surface area (Å²) in [6.45, 7) is 2.52. The van der Waals surface area contributed by atoms with E-state index in [2.05, 4.69) is 0 Å². The van der Waals surface area contributed by atoms with Crippen LogP contribution in [-0.2, 0) is 6.54 Å². The Morgan fingerprint density at radius 2 is 1.69 bits per heavy atom. The summed E-state index contributed by atoms with van der Waals surface area (Å²) in [5, 5.41) is 0.471. The number of benzene rings is 3. The third-order valence-corrected chi connectivity index (χ3v) is 5.04. The van der Waals surface area contributed by atoms with Gasteiger partial charge in [-0.1, -0.05) is 60.2 Å². The molecule has 0 fully saturated rings. The fourth-order valence-electron chi connectivity index (χ4n) is 3.44. The van der Waals surface area contributed by atoms with Crippen molar-refractivity contribution in [3.05, 3.63) is 111 Å². The molecular formula is C25H21NO3. The van der Waals surface area contributed by atoms with Gasteiger partial charge in [-0.15, -0.1) is 0 Å². The first-order valence-corrected chi connectivity index (χ1v) is 9.43. The highest BCUT2D eigenvalue weighted by Gasteiger charge is 2.18. The Balaban J connectivity index is 1.91. The zero-order chi connectivity index (χ0) is 20.4. The van der Waals surface area contributed by atoms with Gasteiger partial charge in [-0.2, -0.15) is 0 Å². The molecule has 0 aliphatic carbocycles. The number of pyridine rings is 1. The van der Waals surface area contributed by atoms with E-state index >= 15 is 0 Å².